The molecule has 0 aliphatic carbocycles. The Labute approximate surface area is 83.8 Å². The Morgan fingerprint density at radius 3 is 2.29 bits per heavy atom. The van der Waals surface area contributed by atoms with E-state index < -0.39 is 17.6 Å². The van der Waals surface area contributed by atoms with Crippen LogP contribution in [-0.4, -0.2) is 12.6 Å². The first-order valence-corrected chi connectivity index (χ1v) is 4.44. The van der Waals surface area contributed by atoms with Crippen molar-refractivity contribution in [2.75, 3.05) is 12.1 Å². The highest BCUT2D eigenvalue weighted by molar-refractivity contribution is 7.95. The van der Waals surface area contributed by atoms with Gasteiger partial charge in [-0.2, -0.15) is 17.5 Å². The van der Waals surface area contributed by atoms with Crippen LogP contribution in [0.4, 0.5) is 18.9 Å². The maximum atomic E-state index is 11.7. The van der Waals surface area contributed by atoms with Crippen LogP contribution in [0.1, 0.15) is 0 Å². The van der Waals surface area contributed by atoms with Gasteiger partial charge in [0, 0.05) is 7.05 Å². The minimum Gasteiger partial charge on any atom is -0.244 e. The van der Waals surface area contributed by atoms with Gasteiger partial charge in [-0.1, -0.05) is 18.2 Å². The van der Waals surface area contributed by atoms with E-state index in [1.165, 1.54) is 7.05 Å². The first kappa shape index (κ1) is 11.2. The van der Waals surface area contributed by atoms with Crippen molar-refractivity contribution in [3.05, 3.63) is 30.3 Å². The molecule has 0 unspecified atom stereocenters. The van der Waals surface area contributed by atoms with Crippen LogP contribution in [-0.2, 0) is 4.28 Å². The molecular weight excluding hydrogens is 215 g/mol. The van der Waals surface area contributed by atoms with E-state index in [1.54, 1.807) is 30.3 Å². The molecule has 0 radical (unpaired) electrons. The van der Waals surface area contributed by atoms with Crippen molar-refractivity contribution in [1.29, 1.82) is 0 Å². The van der Waals surface area contributed by atoms with Crippen molar-refractivity contribution in [2.24, 2.45) is 0 Å². The summed E-state index contributed by atoms with van der Waals surface area (Å²) in [6.45, 7) is 0. The highest BCUT2D eigenvalue weighted by Gasteiger charge is 2.31. The minimum absolute atomic E-state index is 0.538. The van der Waals surface area contributed by atoms with Gasteiger partial charge in [-0.05, 0) is 12.1 Å². The topological polar surface area (TPSA) is 12.5 Å². The minimum atomic E-state index is -4.39. The van der Waals surface area contributed by atoms with Crippen molar-refractivity contribution >= 4 is 17.7 Å². The Morgan fingerprint density at radius 1 is 1.21 bits per heavy atom. The highest BCUT2D eigenvalue weighted by Crippen LogP contribution is 2.32. The molecule has 0 aliphatic rings. The molecule has 0 amide bonds. The van der Waals surface area contributed by atoms with E-state index in [9.17, 15) is 13.2 Å². The summed E-state index contributed by atoms with van der Waals surface area (Å²) in [5.41, 5.74) is -3.83. The molecule has 0 saturated carbocycles. The second-order valence-electron chi connectivity index (χ2n) is 2.44. The lowest BCUT2D eigenvalue weighted by Crippen LogP contribution is -2.16. The summed E-state index contributed by atoms with van der Waals surface area (Å²) in [7, 11) is 1.41. The molecule has 0 bridgehead atoms. The molecule has 1 aromatic rings. The molecule has 14 heavy (non-hydrogen) atoms. The van der Waals surface area contributed by atoms with Crippen molar-refractivity contribution in [3.63, 3.8) is 0 Å². The largest absolute Gasteiger partial charge is 0.470 e. The third kappa shape index (κ3) is 3.89. The quantitative estimate of drug-likeness (QED) is 0.576. The van der Waals surface area contributed by atoms with Crippen LogP contribution in [0.5, 0.6) is 0 Å². The molecule has 0 aromatic heterocycles. The van der Waals surface area contributed by atoms with E-state index in [-0.39, 0.29) is 0 Å². The molecule has 0 fully saturated rings. The molecule has 1 aromatic carbocycles. The average molecular weight is 223 g/mol. The van der Waals surface area contributed by atoms with Gasteiger partial charge in [0.1, 0.15) is 12.0 Å². The van der Waals surface area contributed by atoms with Gasteiger partial charge in [-0.15, -0.1) is 0 Å². The third-order valence-corrected chi connectivity index (χ3v) is 1.85. The Kier molecular flexibility index (Phi) is 3.65. The summed E-state index contributed by atoms with van der Waals surface area (Å²) in [4.78, 5) is 0. The Bertz CT molecular complexity index is 278. The van der Waals surface area contributed by atoms with E-state index in [4.69, 9.17) is 0 Å². The Balaban J connectivity index is 2.48. The number of para-hydroxylation sites is 1. The molecule has 0 N–H and O–H groups in total. The second-order valence-corrected chi connectivity index (χ2v) is 3.22. The van der Waals surface area contributed by atoms with E-state index >= 15 is 0 Å². The van der Waals surface area contributed by atoms with Crippen LogP contribution in [0.15, 0.2) is 30.3 Å². The molecule has 0 aliphatic heterocycles. The zero-order valence-electron chi connectivity index (χ0n) is 7.28. The number of nitrogens with zero attached hydrogens (tertiary/aromatic N) is 1. The molecule has 2 nitrogen and oxygen atoms in total. The monoisotopic (exact) mass is 223 g/mol. The van der Waals surface area contributed by atoms with Gasteiger partial charge in [0.2, 0.25) is 0 Å². The Morgan fingerprint density at radius 2 is 1.79 bits per heavy atom. The Hall–Kier alpha value is -0.880. The number of alkyl halides is 3. The van der Waals surface area contributed by atoms with Crippen LogP contribution >= 0.6 is 12.0 Å². The van der Waals surface area contributed by atoms with Crippen molar-refractivity contribution in [1.82, 2.24) is 0 Å². The average Bonchev–Trinajstić information content (AvgIpc) is 2.14. The highest BCUT2D eigenvalue weighted by atomic mass is 32.2. The molecule has 0 saturated heterocycles. The molecule has 0 heterocycles. The normalized spacial score (nSPS) is 11.4. The molecule has 6 heteroatoms. The van der Waals surface area contributed by atoms with Gasteiger partial charge < -0.3 is 0 Å². The van der Waals surface area contributed by atoms with Gasteiger partial charge in [0.05, 0.1) is 5.69 Å². The molecule has 0 atom stereocenters. The standard InChI is InChI=1S/C8H8F3NOS/c1-12(13-14-8(9,10)11)7-5-3-2-4-6-7/h2-6H,1H3. The lowest BCUT2D eigenvalue weighted by atomic mass is 10.3. The van der Waals surface area contributed by atoms with Crippen LogP contribution in [0.25, 0.3) is 0 Å². The maximum Gasteiger partial charge on any atom is 0.470 e. The summed E-state index contributed by atoms with van der Waals surface area (Å²) < 4.78 is 39.6. The second kappa shape index (κ2) is 4.56. The summed E-state index contributed by atoms with van der Waals surface area (Å²) in [5, 5.41) is 1.05. The van der Waals surface area contributed by atoms with E-state index in [2.05, 4.69) is 4.28 Å². The predicted molar refractivity (Wildman–Crippen MR) is 49.6 cm³/mol. The lowest BCUT2D eigenvalue weighted by molar-refractivity contribution is -0.0400. The predicted octanol–water partition coefficient (Wildman–Crippen LogP) is 3.22. The molecular formula is C8H8F3NOS. The molecule has 78 valence electrons. The van der Waals surface area contributed by atoms with Gasteiger partial charge in [-0.3, -0.25) is 0 Å². The first-order chi connectivity index (χ1) is 6.49. The molecule has 0 spiro atoms. The van der Waals surface area contributed by atoms with Crippen LogP contribution in [0.3, 0.4) is 0 Å². The first-order valence-electron chi connectivity index (χ1n) is 3.70. The third-order valence-electron chi connectivity index (χ3n) is 1.36. The van der Waals surface area contributed by atoms with Gasteiger partial charge in [-0.25, -0.2) is 5.06 Å². The van der Waals surface area contributed by atoms with Crippen LogP contribution < -0.4 is 5.06 Å². The fourth-order valence-electron chi connectivity index (χ4n) is 0.779. The van der Waals surface area contributed by atoms with Crippen molar-refractivity contribution < 1.29 is 17.5 Å². The van der Waals surface area contributed by atoms with E-state index in [0.29, 0.717) is 5.69 Å². The van der Waals surface area contributed by atoms with Crippen molar-refractivity contribution in [2.45, 2.75) is 5.51 Å². The number of hydrogen-bond donors (Lipinski definition) is 0. The van der Waals surface area contributed by atoms with Crippen molar-refractivity contribution in [3.8, 4) is 0 Å². The fraction of sp³-hybridized carbons (Fsp3) is 0.250. The summed E-state index contributed by atoms with van der Waals surface area (Å²) >= 11 is -0.538. The zero-order valence-corrected chi connectivity index (χ0v) is 8.10. The smallest absolute Gasteiger partial charge is 0.244 e. The van der Waals surface area contributed by atoms with E-state index in [1.807, 2.05) is 0 Å². The summed E-state index contributed by atoms with van der Waals surface area (Å²) in [6.07, 6.45) is 0. The number of halogens is 3. The van der Waals surface area contributed by atoms with E-state index in [0.717, 1.165) is 5.06 Å². The summed E-state index contributed by atoms with van der Waals surface area (Å²) in [5.74, 6) is 0. The summed E-state index contributed by atoms with van der Waals surface area (Å²) in [6, 6.07) is 8.50. The fourth-order valence-corrected chi connectivity index (χ4v) is 1.06. The number of benzene rings is 1. The van der Waals surface area contributed by atoms with Crippen LogP contribution in [0.2, 0.25) is 0 Å². The number of anilines is 1. The number of hydrogen-bond acceptors (Lipinski definition) is 3. The zero-order chi connectivity index (χ0) is 10.6. The number of rotatable bonds is 3. The molecule has 1 rings (SSSR count). The van der Waals surface area contributed by atoms with Gasteiger partial charge in [0.25, 0.3) is 0 Å². The maximum absolute atomic E-state index is 11.7. The van der Waals surface area contributed by atoms with Gasteiger partial charge >= 0.3 is 5.51 Å². The lowest BCUT2D eigenvalue weighted by Gasteiger charge is -2.17. The SMILES string of the molecule is CN(OSC(F)(F)F)c1ccccc1. The number of hydroxylamine groups is 1. The van der Waals surface area contributed by atoms with Crippen LogP contribution in [0, 0.1) is 0 Å². The van der Waals surface area contributed by atoms with Gasteiger partial charge in [0.15, 0.2) is 0 Å².